The van der Waals surface area contributed by atoms with E-state index in [4.69, 9.17) is 0 Å². The van der Waals surface area contributed by atoms with Gasteiger partial charge in [0.15, 0.2) is 0 Å². The Kier molecular flexibility index (Phi) is 4.04. The molecule has 110 valence electrons. The minimum Gasteiger partial charge on any atom is -0.338 e. The van der Waals surface area contributed by atoms with Crippen LogP contribution in [0.4, 0.5) is 13.2 Å². The van der Waals surface area contributed by atoms with Crippen LogP contribution in [0.25, 0.3) is 0 Å². The number of benzene rings is 1. The zero-order valence-electron chi connectivity index (χ0n) is 11.5. The van der Waals surface area contributed by atoms with E-state index < -0.39 is 28.9 Å². The second kappa shape index (κ2) is 5.44. The fraction of sp³-hybridized carbons (Fsp3) is 0.500. The average molecular weight is 286 g/mol. The SMILES string of the molecule is CNC1(C)CCN(C(=O)c2c(F)cc(F)cc2F)CC1. The number of nitrogens with zero attached hydrogens (tertiary/aromatic N) is 1. The zero-order chi connectivity index (χ0) is 14.9. The van der Waals surface area contributed by atoms with Crippen molar-refractivity contribution in [3.05, 3.63) is 35.1 Å². The van der Waals surface area contributed by atoms with Crippen molar-refractivity contribution >= 4 is 5.91 Å². The fourth-order valence-corrected chi connectivity index (χ4v) is 2.36. The van der Waals surface area contributed by atoms with Gasteiger partial charge in [-0.1, -0.05) is 0 Å². The van der Waals surface area contributed by atoms with Gasteiger partial charge in [0.25, 0.3) is 5.91 Å². The Labute approximate surface area is 115 Å². The van der Waals surface area contributed by atoms with Crippen molar-refractivity contribution in [3.63, 3.8) is 0 Å². The highest BCUT2D eigenvalue weighted by Gasteiger charge is 2.32. The summed E-state index contributed by atoms with van der Waals surface area (Å²) in [6, 6.07) is 1.05. The molecule has 0 unspecified atom stereocenters. The number of piperidine rings is 1. The molecule has 0 bridgehead atoms. The molecule has 3 nitrogen and oxygen atoms in total. The van der Waals surface area contributed by atoms with Gasteiger partial charge in [0.1, 0.15) is 23.0 Å². The van der Waals surface area contributed by atoms with Crippen molar-refractivity contribution in [3.8, 4) is 0 Å². The quantitative estimate of drug-likeness (QED) is 0.905. The van der Waals surface area contributed by atoms with Gasteiger partial charge in [0.05, 0.1) is 0 Å². The summed E-state index contributed by atoms with van der Waals surface area (Å²) in [6.45, 7) is 2.85. The first-order valence-corrected chi connectivity index (χ1v) is 6.49. The van der Waals surface area contributed by atoms with E-state index in [-0.39, 0.29) is 5.54 Å². The monoisotopic (exact) mass is 286 g/mol. The number of carbonyl (C=O) groups is 1. The van der Waals surface area contributed by atoms with E-state index in [0.29, 0.717) is 38.1 Å². The molecule has 1 heterocycles. The lowest BCUT2D eigenvalue weighted by atomic mass is 9.89. The zero-order valence-corrected chi connectivity index (χ0v) is 11.5. The highest BCUT2D eigenvalue weighted by molar-refractivity contribution is 5.94. The maximum Gasteiger partial charge on any atom is 0.259 e. The van der Waals surface area contributed by atoms with E-state index in [2.05, 4.69) is 5.32 Å². The van der Waals surface area contributed by atoms with Crippen molar-refractivity contribution in [1.82, 2.24) is 10.2 Å². The molecule has 0 atom stereocenters. The molecule has 0 spiro atoms. The van der Waals surface area contributed by atoms with Gasteiger partial charge >= 0.3 is 0 Å². The standard InChI is InChI=1S/C14H17F3N2O/c1-14(18-2)3-5-19(6-4-14)13(20)12-10(16)7-9(15)8-11(12)17/h7-8,18H,3-6H2,1-2H3. The lowest BCUT2D eigenvalue weighted by molar-refractivity contribution is 0.0652. The van der Waals surface area contributed by atoms with Gasteiger partial charge in [-0.25, -0.2) is 13.2 Å². The van der Waals surface area contributed by atoms with Gasteiger partial charge < -0.3 is 10.2 Å². The summed E-state index contributed by atoms with van der Waals surface area (Å²) < 4.78 is 40.0. The van der Waals surface area contributed by atoms with Crippen LogP contribution in [0.5, 0.6) is 0 Å². The van der Waals surface area contributed by atoms with Crippen molar-refractivity contribution in [2.45, 2.75) is 25.3 Å². The van der Waals surface area contributed by atoms with Crippen LogP contribution < -0.4 is 5.32 Å². The number of likely N-dealkylation sites (tertiary alicyclic amines) is 1. The van der Waals surface area contributed by atoms with Gasteiger partial charge in [-0.05, 0) is 26.8 Å². The van der Waals surface area contributed by atoms with Crippen LogP contribution in [0.1, 0.15) is 30.1 Å². The van der Waals surface area contributed by atoms with Crippen LogP contribution in [0.3, 0.4) is 0 Å². The van der Waals surface area contributed by atoms with E-state index >= 15 is 0 Å². The predicted octanol–water partition coefficient (Wildman–Crippen LogP) is 2.32. The number of nitrogens with one attached hydrogen (secondary N) is 1. The lowest BCUT2D eigenvalue weighted by Gasteiger charge is -2.39. The normalized spacial score (nSPS) is 18.1. The molecule has 2 rings (SSSR count). The third kappa shape index (κ3) is 2.80. The predicted molar refractivity (Wildman–Crippen MR) is 68.9 cm³/mol. The van der Waals surface area contributed by atoms with Crippen LogP contribution in [0, 0.1) is 17.5 Å². The summed E-state index contributed by atoms with van der Waals surface area (Å²) in [5.74, 6) is -4.07. The fourth-order valence-electron chi connectivity index (χ4n) is 2.36. The number of carbonyl (C=O) groups excluding carboxylic acids is 1. The Morgan fingerprint density at radius 1 is 1.20 bits per heavy atom. The Morgan fingerprint density at radius 3 is 2.15 bits per heavy atom. The lowest BCUT2D eigenvalue weighted by Crippen LogP contribution is -2.51. The van der Waals surface area contributed by atoms with E-state index in [1.165, 1.54) is 4.90 Å². The number of halogens is 3. The van der Waals surface area contributed by atoms with Gasteiger partial charge in [0.2, 0.25) is 0 Å². The number of hydrogen-bond acceptors (Lipinski definition) is 2. The molecule has 1 aliphatic heterocycles. The maximum atomic E-state index is 13.6. The Morgan fingerprint density at radius 2 is 1.70 bits per heavy atom. The number of hydrogen-bond donors (Lipinski definition) is 1. The molecule has 1 fully saturated rings. The molecular formula is C14H17F3N2O. The summed E-state index contributed by atoms with van der Waals surface area (Å²) in [7, 11) is 1.84. The molecule has 1 amide bonds. The molecule has 0 radical (unpaired) electrons. The first-order chi connectivity index (χ1) is 9.36. The Bertz CT molecular complexity index is 502. The van der Waals surface area contributed by atoms with Crippen LogP contribution in [-0.2, 0) is 0 Å². The molecule has 1 aliphatic rings. The Balaban J connectivity index is 2.18. The van der Waals surface area contributed by atoms with Crippen LogP contribution >= 0.6 is 0 Å². The van der Waals surface area contributed by atoms with Crippen molar-refractivity contribution in [1.29, 1.82) is 0 Å². The summed E-state index contributed by atoms with van der Waals surface area (Å²) >= 11 is 0. The van der Waals surface area contributed by atoms with Crippen LogP contribution in [0.2, 0.25) is 0 Å². The topological polar surface area (TPSA) is 32.3 Å². The molecule has 6 heteroatoms. The first kappa shape index (κ1) is 14.8. The van der Waals surface area contributed by atoms with Crippen LogP contribution in [-0.4, -0.2) is 36.5 Å². The van der Waals surface area contributed by atoms with E-state index in [1.807, 2.05) is 14.0 Å². The van der Waals surface area contributed by atoms with Crippen molar-refractivity contribution in [2.75, 3.05) is 20.1 Å². The smallest absolute Gasteiger partial charge is 0.259 e. The van der Waals surface area contributed by atoms with E-state index in [1.54, 1.807) is 0 Å². The summed E-state index contributed by atoms with van der Waals surface area (Å²) in [5.41, 5.74) is -0.754. The molecule has 0 aliphatic carbocycles. The molecular weight excluding hydrogens is 269 g/mol. The van der Waals surface area contributed by atoms with E-state index in [9.17, 15) is 18.0 Å². The average Bonchev–Trinajstić information content (AvgIpc) is 2.38. The summed E-state index contributed by atoms with van der Waals surface area (Å²) in [6.07, 6.45) is 1.39. The van der Waals surface area contributed by atoms with Crippen LogP contribution in [0.15, 0.2) is 12.1 Å². The summed E-state index contributed by atoms with van der Waals surface area (Å²) in [5, 5.41) is 3.17. The molecule has 1 aromatic rings. The molecule has 20 heavy (non-hydrogen) atoms. The molecule has 0 saturated carbocycles. The third-order valence-electron chi connectivity index (χ3n) is 3.98. The highest BCUT2D eigenvalue weighted by Crippen LogP contribution is 2.24. The number of rotatable bonds is 2. The minimum atomic E-state index is -1.16. The molecule has 1 N–H and O–H groups in total. The second-order valence-corrected chi connectivity index (χ2v) is 5.35. The van der Waals surface area contributed by atoms with Gasteiger partial charge in [-0.15, -0.1) is 0 Å². The maximum absolute atomic E-state index is 13.6. The van der Waals surface area contributed by atoms with Gasteiger partial charge in [-0.2, -0.15) is 0 Å². The Hall–Kier alpha value is -1.56. The van der Waals surface area contributed by atoms with Crippen molar-refractivity contribution in [2.24, 2.45) is 0 Å². The minimum absolute atomic E-state index is 0.0728. The third-order valence-corrected chi connectivity index (χ3v) is 3.98. The van der Waals surface area contributed by atoms with Gasteiger partial charge in [0, 0.05) is 30.8 Å². The second-order valence-electron chi connectivity index (χ2n) is 5.35. The highest BCUT2D eigenvalue weighted by atomic mass is 19.1. The largest absolute Gasteiger partial charge is 0.338 e. The number of amides is 1. The molecule has 0 aromatic heterocycles. The van der Waals surface area contributed by atoms with E-state index in [0.717, 1.165) is 0 Å². The molecule has 1 aromatic carbocycles. The van der Waals surface area contributed by atoms with Crippen molar-refractivity contribution < 1.29 is 18.0 Å². The van der Waals surface area contributed by atoms with Gasteiger partial charge in [-0.3, -0.25) is 4.79 Å². The summed E-state index contributed by atoms with van der Waals surface area (Å²) in [4.78, 5) is 13.6. The molecule has 1 saturated heterocycles. The first-order valence-electron chi connectivity index (χ1n) is 6.49.